The van der Waals surface area contributed by atoms with Crippen molar-refractivity contribution in [1.82, 2.24) is 15.2 Å². The lowest BCUT2D eigenvalue weighted by Gasteiger charge is -2.31. The molecule has 0 saturated carbocycles. The van der Waals surface area contributed by atoms with Gasteiger partial charge in [-0.1, -0.05) is 23.8 Å². The summed E-state index contributed by atoms with van der Waals surface area (Å²) in [5.41, 5.74) is 4.26. The zero-order valence-corrected chi connectivity index (χ0v) is 17.2. The Bertz CT molecular complexity index is 761. The molecule has 0 spiro atoms. The largest absolute Gasteiger partial charge is 0.483 e. The van der Waals surface area contributed by atoms with Crippen molar-refractivity contribution in [3.8, 4) is 5.75 Å². The summed E-state index contributed by atoms with van der Waals surface area (Å²) in [6.45, 7) is 8.67. The van der Waals surface area contributed by atoms with Gasteiger partial charge in [-0.2, -0.15) is 0 Å². The molecule has 1 aromatic heterocycles. The number of carbonyl (C=O) groups is 1. The number of rotatable bonds is 6. The number of hydrogen-bond donors (Lipinski definition) is 1. The smallest absolute Gasteiger partial charge is 0.261 e. The molecule has 1 unspecified atom stereocenters. The fourth-order valence-electron chi connectivity index (χ4n) is 4.01. The molecule has 1 aliphatic rings. The van der Waals surface area contributed by atoms with E-state index in [9.17, 15) is 4.79 Å². The number of hydrogen-bond acceptors (Lipinski definition) is 4. The summed E-state index contributed by atoms with van der Waals surface area (Å²) < 4.78 is 6.00. The van der Waals surface area contributed by atoms with E-state index in [-0.39, 0.29) is 18.6 Å². The molecule has 1 N–H and O–H groups in total. The summed E-state index contributed by atoms with van der Waals surface area (Å²) in [7, 11) is 0. The first-order valence-electron chi connectivity index (χ1n) is 10.2. The predicted octanol–water partition coefficient (Wildman–Crippen LogP) is 3.56. The molecular formula is C23H31N3O2. The topological polar surface area (TPSA) is 54.5 Å². The number of aryl methyl sites for hydroxylation is 3. The molecule has 28 heavy (non-hydrogen) atoms. The summed E-state index contributed by atoms with van der Waals surface area (Å²) in [6, 6.07) is 10.2. The number of carbonyl (C=O) groups excluding carboxylic acids is 1. The van der Waals surface area contributed by atoms with Crippen LogP contribution >= 0.6 is 0 Å². The molecule has 1 aromatic carbocycles. The van der Waals surface area contributed by atoms with Crippen molar-refractivity contribution in [2.45, 2.75) is 52.6 Å². The standard InChI is InChI=1S/C23H31N3O2/c1-17-13-18(2)23(19(3)14-17)28-16-22(27)26(15-20-7-4-5-11-25-20)21-8-6-10-24-12-9-21/h4-5,7,11,13-14,21,24H,6,8-10,12,15-16H2,1-3H3. The molecule has 2 aromatic rings. The van der Waals surface area contributed by atoms with Crippen LogP contribution in [0.4, 0.5) is 0 Å². The molecule has 2 heterocycles. The molecule has 1 aliphatic heterocycles. The van der Waals surface area contributed by atoms with Crippen LogP contribution in [-0.2, 0) is 11.3 Å². The Morgan fingerprint density at radius 1 is 1.18 bits per heavy atom. The molecule has 1 amide bonds. The highest BCUT2D eigenvalue weighted by Crippen LogP contribution is 2.25. The summed E-state index contributed by atoms with van der Waals surface area (Å²) >= 11 is 0. The third-order valence-corrected chi connectivity index (χ3v) is 5.31. The average Bonchev–Trinajstić information content (AvgIpc) is 2.95. The van der Waals surface area contributed by atoms with Gasteiger partial charge in [-0.3, -0.25) is 9.78 Å². The third kappa shape index (κ3) is 5.32. The van der Waals surface area contributed by atoms with Gasteiger partial charge in [0.05, 0.1) is 12.2 Å². The molecule has 5 heteroatoms. The molecule has 1 atom stereocenters. The van der Waals surface area contributed by atoms with Gasteiger partial charge in [0.15, 0.2) is 6.61 Å². The minimum absolute atomic E-state index is 0.0249. The van der Waals surface area contributed by atoms with Crippen molar-refractivity contribution >= 4 is 5.91 Å². The van der Waals surface area contributed by atoms with E-state index < -0.39 is 0 Å². The van der Waals surface area contributed by atoms with Crippen LogP contribution in [0.1, 0.15) is 41.6 Å². The van der Waals surface area contributed by atoms with Gasteiger partial charge in [-0.25, -0.2) is 0 Å². The fourth-order valence-corrected chi connectivity index (χ4v) is 4.01. The fraction of sp³-hybridized carbons (Fsp3) is 0.478. The number of nitrogens with one attached hydrogen (secondary N) is 1. The first kappa shape index (κ1) is 20.3. The Kier molecular flexibility index (Phi) is 7.04. The Morgan fingerprint density at radius 3 is 2.68 bits per heavy atom. The molecule has 0 radical (unpaired) electrons. The Balaban J connectivity index is 1.74. The highest BCUT2D eigenvalue weighted by molar-refractivity contribution is 5.78. The molecule has 5 nitrogen and oxygen atoms in total. The van der Waals surface area contributed by atoms with E-state index in [1.54, 1.807) is 6.20 Å². The average molecular weight is 382 g/mol. The monoisotopic (exact) mass is 381 g/mol. The van der Waals surface area contributed by atoms with Gasteiger partial charge >= 0.3 is 0 Å². The van der Waals surface area contributed by atoms with Gasteiger partial charge in [0.2, 0.25) is 0 Å². The second-order valence-electron chi connectivity index (χ2n) is 7.69. The van der Waals surface area contributed by atoms with E-state index in [1.165, 1.54) is 5.56 Å². The summed E-state index contributed by atoms with van der Waals surface area (Å²) in [6.07, 6.45) is 4.82. The molecule has 1 saturated heterocycles. The van der Waals surface area contributed by atoms with Crippen molar-refractivity contribution in [3.63, 3.8) is 0 Å². The van der Waals surface area contributed by atoms with Crippen LogP contribution in [-0.4, -0.2) is 41.5 Å². The maximum Gasteiger partial charge on any atom is 0.261 e. The SMILES string of the molecule is Cc1cc(C)c(OCC(=O)N(Cc2ccccn2)C2CCCNCC2)c(C)c1. The second kappa shape index (κ2) is 9.69. The number of aromatic nitrogens is 1. The minimum atomic E-state index is 0.0249. The van der Waals surface area contributed by atoms with E-state index in [0.29, 0.717) is 6.54 Å². The van der Waals surface area contributed by atoms with Gasteiger partial charge in [0.1, 0.15) is 5.75 Å². The van der Waals surface area contributed by atoms with Gasteiger partial charge < -0.3 is 15.0 Å². The minimum Gasteiger partial charge on any atom is -0.483 e. The van der Waals surface area contributed by atoms with E-state index >= 15 is 0 Å². The number of benzene rings is 1. The predicted molar refractivity (Wildman–Crippen MR) is 111 cm³/mol. The van der Waals surface area contributed by atoms with Crippen LogP contribution in [0.3, 0.4) is 0 Å². The summed E-state index contributed by atoms with van der Waals surface area (Å²) in [5, 5.41) is 3.43. The van der Waals surface area contributed by atoms with Crippen molar-refractivity contribution in [1.29, 1.82) is 0 Å². The number of amides is 1. The highest BCUT2D eigenvalue weighted by Gasteiger charge is 2.25. The maximum atomic E-state index is 13.2. The van der Waals surface area contributed by atoms with Gasteiger partial charge in [0, 0.05) is 12.2 Å². The van der Waals surface area contributed by atoms with Crippen molar-refractivity contribution in [2.24, 2.45) is 0 Å². The first-order chi connectivity index (χ1) is 13.5. The van der Waals surface area contributed by atoms with Crippen molar-refractivity contribution in [3.05, 3.63) is 58.9 Å². The first-order valence-corrected chi connectivity index (χ1v) is 10.2. The Labute approximate surface area is 168 Å². The van der Waals surface area contributed by atoms with Crippen LogP contribution in [0.15, 0.2) is 36.5 Å². The van der Waals surface area contributed by atoms with Crippen molar-refractivity contribution in [2.75, 3.05) is 19.7 Å². The molecule has 150 valence electrons. The zero-order chi connectivity index (χ0) is 19.9. The lowest BCUT2D eigenvalue weighted by atomic mass is 10.1. The van der Waals surface area contributed by atoms with Crippen LogP contribution in [0.2, 0.25) is 0 Å². The van der Waals surface area contributed by atoms with E-state index in [1.807, 2.05) is 36.9 Å². The lowest BCUT2D eigenvalue weighted by Crippen LogP contribution is -2.43. The van der Waals surface area contributed by atoms with Gasteiger partial charge in [-0.05, 0) is 76.4 Å². The molecule has 3 rings (SSSR count). The van der Waals surface area contributed by atoms with Gasteiger partial charge in [0.25, 0.3) is 5.91 Å². The maximum absolute atomic E-state index is 13.2. The number of ether oxygens (including phenoxy) is 1. The number of pyridine rings is 1. The quantitative estimate of drug-likeness (QED) is 0.831. The Hall–Kier alpha value is -2.40. The summed E-state index contributed by atoms with van der Waals surface area (Å²) in [4.78, 5) is 19.6. The molecule has 1 fully saturated rings. The van der Waals surface area contributed by atoms with Crippen LogP contribution in [0.5, 0.6) is 5.75 Å². The van der Waals surface area contributed by atoms with Crippen LogP contribution in [0, 0.1) is 20.8 Å². The van der Waals surface area contributed by atoms with E-state index in [2.05, 4.69) is 29.4 Å². The van der Waals surface area contributed by atoms with Gasteiger partial charge in [-0.15, -0.1) is 0 Å². The zero-order valence-electron chi connectivity index (χ0n) is 17.2. The van der Waals surface area contributed by atoms with Crippen LogP contribution in [0.25, 0.3) is 0 Å². The number of nitrogens with zero attached hydrogens (tertiary/aromatic N) is 2. The van der Waals surface area contributed by atoms with Crippen LogP contribution < -0.4 is 10.1 Å². The molecule has 0 aliphatic carbocycles. The third-order valence-electron chi connectivity index (χ3n) is 5.31. The van der Waals surface area contributed by atoms with Crippen molar-refractivity contribution < 1.29 is 9.53 Å². The van der Waals surface area contributed by atoms with E-state index in [0.717, 1.165) is 54.9 Å². The van der Waals surface area contributed by atoms with E-state index in [4.69, 9.17) is 4.74 Å². The molecule has 0 bridgehead atoms. The normalized spacial score (nSPS) is 17.0. The summed E-state index contributed by atoms with van der Waals surface area (Å²) in [5.74, 6) is 0.844. The lowest BCUT2D eigenvalue weighted by molar-refractivity contribution is -0.136. The Morgan fingerprint density at radius 2 is 1.96 bits per heavy atom. The second-order valence-corrected chi connectivity index (χ2v) is 7.69. The highest BCUT2D eigenvalue weighted by atomic mass is 16.5. The molecular weight excluding hydrogens is 350 g/mol.